The normalized spacial score (nSPS) is 18.0. The maximum Gasteiger partial charge on any atom is 0.307 e. The fourth-order valence-corrected chi connectivity index (χ4v) is 6.43. The predicted octanol–water partition coefficient (Wildman–Crippen LogP) is 4.36. The lowest BCUT2D eigenvalue weighted by molar-refractivity contribution is -0.136. The molecule has 1 N–H and O–H groups in total. The Morgan fingerprint density at radius 2 is 1.76 bits per heavy atom. The summed E-state index contributed by atoms with van der Waals surface area (Å²) < 4.78 is 6.50. The molecule has 2 rings (SSSR count). The van der Waals surface area contributed by atoms with E-state index in [9.17, 15) is 14.7 Å². The Labute approximate surface area is 151 Å². The first-order valence-corrected chi connectivity index (χ1v) is 11.7. The number of rotatable bonds is 9. The number of Topliss-reactive ketones (excluding diaryl/α,β-unsaturated/α-hetero) is 1. The van der Waals surface area contributed by atoms with Crippen LogP contribution in [0, 0.1) is 0 Å². The molecule has 1 aromatic carbocycles. The minimum absolute atomic E-state index is 0.0383. The molecule has 0 spiro atoms. The van der Waals surface area contributed by atoms with Crippen molar-refractivity contribution < 1.29 is 19.1 Å². The smallest absolute Gasteiger partial charge is 0.307 e. The van der Waals surface area contributed by atoms with Crippen LogP contribution >= 0.6 is 0 Å². The monoisotopic (exact) mass is 360 g/mol. The molecule has 1 aliphatic carbocycles. The number of hydrogen-bond acceptors (Lipinski definition) is 3. The lowest BCUT2D eigenvalue weighted by Gasteiger charge is -2.32. The summed E-state index contributed by atoms with van der Waals surface area (Å²) in [4.78, 5) is 24.0. The molecule has 0 fully saturated rings. The second-order valence-corrected chi connectivity index (χ2v) is 11.4. The van der Waals surface area contributed by atoms with Gasteiger partial charge < -0.3 is 9.53 Å². The molecule has 0 aliphatic heterocycles. The second kappa shape index (κ2) is 8.58. The average molecular weight is 361 g/mol. The zero-order valence-corrected chi connectivity index (χ0v) is 16.4. The highest BCUT2D eigenvalue weighted by Crippen LogP contribution is 2.35. The maximum absolute atomic E-state index is 12.6. The largest absolute Gasteiger partial charge is 0.481 e. The molecule has 1 aromatic rings. The third-order valence-corrected chi connectivity index (χ3v) is 10.0. The van der Waals surface area contributed by atoms with Gasteiger partial charge in [0, 0.05) is 18.4 Å². The van der Waals surface area contributed by atoms with Crippen LogP contribution in [0.4, 0.5) is 0 Å². The van der Waals surface area contributed by atoms with E-state index >= 15 is 0 Å². The van der Waals surface area contributed by atoms with Gasteiger partial charge in [0.25, 0.3) is 0 Å². The van der Waals surface area contributed by atoms with Crippen LogP contribution in [0.25, 0.3) is 0 Å². The SMILES string of the molecule is CC[Si](CC)(CC)O[C@@H]1CC(=O)C(Cc2ccccc2)=C1CC(=O)O. The van der Waals surface area contributed by atoms with Crippen LogP contribution in [0.2, 0.25) is 18.1 Å². The number of carbonyl (C=O) groups excluding carboxylic acids is 1. The quantitative estimate of drug-likeness (QED) is 0.665. The third-order valence-electron chi connectivity index (χ3n) is 5.37. The molecule has 4 nitrogen and oxygen atoms in total. The Balaban J connectivity index is 2.34. The lowest BCUT2D eigenvalue weighted by atomic mass is 9.99. The Hall–Kier alpha value is -1.72. The molecular formula is C20H28O4Si. The van der Waals surface area contributed by atoms with E-state index in [-0.39, 0.29) is 18.3 Å². The molecule has 136 valence electrons. The standard InChI is InChI=1S/C20H28O4Si/c1-4-25(5-2,6-3)24-19-14-18(21)16(17(19)13-20(22)23)12-15-10-8-7-9-11-15/h7-11,19H,4-6,12-14H2,1-3H3,(H,22,23)/t19-/m1/s1. The first-order chi connectivity index (χ1) is 11.9. The van der Waals surface area contributed by atoms with Crippen LogP contribution in [0.15, 0.2) is 41.5 Å². The molecule has 0 aromatic heterocycles. The molecule has 1 atom stereocenters. The molecule has 0 amide bonds. The van der Waals surface area contributed by atoms with Crippen molar-refractivity contribution in [3.05, 3.63) is 47.0 Å². The highest BCUT2D eigenvalue weighted by atomic mass is 28.4. The minimum atomic E-state index is -1.91. The summed E-state index contributed by atoms with van der Waals surface area (Å²) in [7, 11) is -1.91. The second-order valence-electron chi connectivity index (χ2n) is 6.71. The van der Waals surface area contributed by atoms with Gasteiger partial charge >= 0.3 is 5.97 Å². The number of aliphatic carboxylic acids is 1. The average Bonchev–Trinajstić information content (AvgIpc) is 2.88. The van der Waals surface area contributed by atoms with Crippen molar-refractivity contribution >= 4 is 20.1 Å². The van der Waals surface area contributed by atoms with Crippen molar-refractivity contribution in [3.8, 4) is 0 Å². The number of benzene rings is 1. The van der Waals surface area contributed by atoms with Crippen LogP contribution in [-0.2, 0) is 20.4 Å². The molecule has 0 saturated heterocycles. The number of allylic oxidation sites excluding steroid dienone is 1. The molecule has 5 heteroatoms. The van der Waals surface area contributed by atoms with Crippen molar-refractivity contribution in [2.24, 2.45) is 0 Å². The first-order valence-electron chi connectivity index (χ1n) is 9.13. The summed E-state index contributed by atoms with van der Waals surface area (Å²) in [6.45, 7) is 6.42. The first kappa shape index (κ1) is 19.6. The fraction of sp³-hybridized carbons (Fsp3) is 0.500. The number of ketones is 1. The van der Waals surface area contributed by atoms with Crippen LogP contribution in [0.5, 0.6) is 0 Å². The van der Waals surface area contributed by atoms with E-state index in [4.69, 9.17) is 4.43 Å². The maximum atomic E-state index is 12.6. The Kier molecular flexibility index (Phi) is 6.73. The van der Waals surface area contributed by atoms with Gasteiger partial charge in [-0.1, -0.05) is 51.1 Å². The number of carboxylic acids is 1. The van der Waals surface area contributed by atoms with E-state index in [0.29, 0.717) is 24.0 Å². The van der Waals surface area contributed by atoms with Crippen molar-refractivity contribution in [2.75, 3.05) is 0 Å². The third kappa shape index (κ3) is 4.67. The fourth-order valence-electron chi connectivity index (χ4n) is 3.60. The highest BCUT2D eigenvalue weighted by Gasteiger charge is 2.39. The summed E-state index contributed by atoms with van der Waals surface area (Å²) in [5.74, 6) is -0.864. The Morgan fingerprint density at radius 3 is 2.28 bits per heavy atom. The minimum Gasteiger partial charge on any atom is -0.481 e. The van der Waals surface area contributed by atoms with Crippen LogP contribution in [0.3, 0.4) is 0 Å². The van der Waals surface area contributed by atoms with Gasteiger partial charge in [0.1, 0.15) is 0 Å². The van der Waals surface area contributed by atoms with Gasteiger partial charge in [-0.15, -0.1) is 0 Å². The van der Waals surface area contributed by atoms with Gasteiger partial charge in [-0.3, -0.25) is 9.59 Å². The number of carbonyl (C=O) groups is 2. The summed E-state index contributed by atoms with van der Waals surface area (Å²) >= 11 is 0. The Bertz CT molecular complexity index is 639. The van der Waals surface area contributed by atoms with Crippen LogP contribution < -0.4 is 0 Å². The zero-order valence-electron chi connectivity index (χ0n) is 15.4. The van der Waals surface area contributed by atoms with Gasteiger partial charge in [-0.05, 0) is 29.3 Å². The summed E-state index contributed by atoms with van der Waals surface area (Å²) in [5, 5.41) is 9.34. The molecule has 25 heavy (non-hydrogen) atoms. The highest BCUT2D eigenvalue weighted by molar-refractivity contribution is 6.73. The van der Waals surface area contributed by atoms with Crippen molar-refractivity contribution in [2.45, 2.75) is 64.3 Å². The molecule has 1 aliphatic rings. The molecule has 0 saturated carbocycles. The number of hydrogen-bond donors (Lipinski definition) is 1. The predicted molar refractivity (Wildman–Crippen MR) is 101 cm³/mol. The molecule has 0 radical (unpaired) electrons. The molecule has 0 bridgehead atoms. The van der Waals surface area contributed by atoms with Gasteiger partial charge in [-0.2, -0.15) is 0 Å². The van der Waals surface area contributed by atoms with E-state index in [1.807, 2.05) is 30.3 Å². The van der Waals surface area contributed by atoms with Crippen LogP contribution in [0.1, 0.15) is 39.2 Å². The molecular weight excluding hydrogens is 332 g/mol. The van der Waals surface area contributed by atoms with Crippen molar-refractivity contribution in [3.63, 3.8) is 0 Å². The Morgan fingerprint density at radius 1 is 1.16 bits per heavy atom. The van der Waals surface area contributed by atoms with Gasteiger partial charge in [0.15, 0.2) is 14.1 Å². The molecule has 0 heterocycles. The van der Waals surface area contributed by atoms with E-state index in [2.05, 4.69) is 20.8 Å². The van der Waals surface area contributed by atoms with E-state index in [1.165, 1.54) is 0 Å². The van der Waals surface area contributed by atoms with Crippen molar-refractivity contribution in [1.29, 1.82) is 0 Å². The summed E-state index contributed by atoms with van der Waals surface area (Å²) in [6, 6.07) is 12.7. The van der Waals surface area contributed by atoms with Gasteiger partial charge in [0.05, 0.1) is 12.5 Å². The lowest BCUT2D eigenvalue weighted by Crippen LogP contribution is -2.40. The molecule has 0 unspecified atom stereocenters. The van der Waals surface area contributed by atoms with E-state index in [1.54, 1.807) is 0 Å². The van der Waals surface area contributed by atoms with Crippen molar-refractivity contribution in [1.82, 2.24) is 0 Å². The van der Waals surface area contributed by atoms with E-state index < -0.39 is 14.3 Å². The topological polar surface area (TPSA) is 63.6 Å². The summed E-state index contributed by atoms with van der Waals surface area (Å²) in [6.07, 6.45) is 0.315. The summed E-state index contributed by atoms with van der Waals surface area (Å²) in [5.41, 5.74) is 2.36. The van der Waals surface area contributed by atoms with Gasteiger partial charge in [0.2, 0.25) is 0 Å². The number of carboxylic acid groups (broad SMARTS) is 1. The van der Waals surface area contributed by atoms with Gasteiger partial charge in [-0.25, -0.2) is 0 Å². The van der Waals surface area contributed by atoms with E-state index in [0.717, 1.165) is 23.7 Å². The zero-order chi connectivity index (χ0) is 18.4. The van der Waals surface area contributed by atoms with Crippen LogP contribution in [-0.4, -0.2) is 31.3 Å².